The highest BCUT2D eigenvalue weighted by Gasteiger charge is 2.15. The molecule has 0 heterocycles. The standard InChI is InChI=1S/C35H25N/c1-24-10-18-29(19-11-24)36(30-20-16-27-14-12-25-6-2-4-8-32(25)34(27)22-30)31-21-17-28-15-13-26-7-3-5-9-33(26)35(28)23-31/h2-23H,1H3. The molecule has 0 spiro atoms. The van der Waals surface area contributed by atoms with E-state index in [0.717, 1.165) is 17.1 Å². The fraction of sp³-hybridized carbons (Fsp3) is 0.0286. The number of hydrogen-bond acceptors (Lipinski definition) is 1. The Balaban J connectivity index is 1.50. The lowest BCUT2D eigenvalue weighted by Gasteiger charge is -2.26. The van der Waals surface area contributed by atoms with Crippen LogP contribution in [0.1, 0.15) is 5.56 Å². The van der Waals surface area contributed by atoms with Gasteiger partial charge in [0.05, 0.1) is 0 Å². The molecule has 7 aromatic carbocycles. The maximum atomic E-state index is 2.38. The van der Waals surface area contributed by atoms with Crippen molar-refractivity contribution in [2.24, 2.45) is 0 Å². The average Bonchev–Trinajstić information content (AvgIpc) is 2.94. The summed E-state index contributed by atoms with van der Waals surface area (Å²) in [5.74, 6) is 0. The molecule has 0 aliphatic rings. The van der Waals surface area contributed by atoms with E-state index in [1.54, 1.807) is 0 Å². The molecule has 36 heavy (non-hydrogen) atoms. The van der Waals surface area contributed by atoms with Crippen molar-refractivity contribution in [1.82, 2.24) is 0 Å². The second-order valence-electron chi connectivity index (χ2n) is 9.56. The second-order valence-corrected chi connectivity index (χ2v) is 9.56. The molecular weight excluding hydrogens is 434 g/mol. The third-order valence-corrected chi connectivity index (χ3v) is 7.27. The summed E-state index contributed by atoms with van der Waals surface area (Å²) in [4.78, 5) is 2.38. The quantitative estimate of drug-likeness (QED) is 0.238. The van der Waals surface area contributed by atoms with Crippen LogP contribution in [-0.2, 0) is 0 Å². The van der Waals surface area contributed by atoms with Crippen molar-refractivity contribution in [3.63, 3.8) is 0 Å². The molecule has 7 aromatic rings. The van der Waals surface area contributed by atoms with Crippen LogP contribution < -0.4 is 4.90 Å². The summed E-state index contributed by atoms with van der Waals surface area (Å²) in [5, 5.41) is 10.2. The topological polar surface area (TPSA) is 3.24 Å². The molecule has 0 aliphatic heterocycles. The lowest BCUT2D eigenvalue weighted by Crippen LogP contribution is -2.10. The Labute approximate surface area is 210 Å². The zero-order valence-electron chi connectivity index (χ0n) is 20.1. The highest BCUT2D eigenvalue weighted by atomic mass is 15.1. The Morgan fingerprint density at radius 1 is 0.361 bits per heavy atom. The van der Waals surface area contributed by atoms with E-state index in [2.05, 4.69) is 145 Å². The van der Waals surface area contributed by atoms with E-state index in [-0.39, 0.29) is 0 Å². The predicted molar refractivity (Wildman–Crippen MR) is 156 cm³/mol. The van der Waals surface area contributed by atoms with E-state index in [9.17, 15) is 0 Å². The third kappa shape index (κ3) is 3.40. The van der Waals surface area contributed by atoms with E-state index in [4.69, 9.17) is 0 Å². The van der Waals surface area contributed by atoms with Crippen LogP contribution in [0.5, 0.6) is 0 Å². The number of hydrogen-bond donors (Lipinski definition) is 0. The number of anilines is 3. The maximum absolute atomic E-state index is 2.38. The lowest BCUT2D eigenvalue weighted by molar-refractivity contribution is 1.29. The highest BCUT2D eigenvalue weighted by molar-refractivity contribution is 6.10. The molecule has 7 rings (SSSR count). The fourth-order valence-electron chi connectivity index (χ4n) is 5.40. The van der Waals surface area contributed by atoms with Gasteiger partial charge < -0.3 is 4.90 Å². The van der Waals surface area contributed by atoms with Gasteiger partial charge in [0.1, 0.15) is 0 Å². The Morgan fingerprint density at radius 2 is 0.750 bits per heavy atom. The molecule has 0 atom stereocenters. The largest absolute Gasteiger partial charge is 0.310 e. The summed E-state index contributed by atoms with van der Waals surface area (Å²) < 4.78 is 0. The minimum absolute atomic E-state index is 1.15. The van der Waals surface area contributed by atoms with E-state index >= 15 is 0 Å². The van der Waals surface area contributed by atoms with Gasteiger partial charge in [-0.15, -0.1) is 0 Å². The van der Waals surface area contributed by atoms with E-state index in [0.29, 0.717) is 0 Å². The summed E-state index contributed by atoms with van der Waals surface area (Å²) in [7, 11) is 0. The lowest BCUT2D eigenvalue weighted by atomic mass is 9.99. The molecular formula is C35H25N. The minimum atomic E-state index is 1.15. The van der Waals surface area contributed by atoms with Crippen LogP contribution in [0.15, 0.2) is 133 Å². The molecule has 0 saturated carbocycles. The number of benzene rings is 7. The number of aryl methyl sites for hydroxylation is 1. The first-order valence-electron chi connectivity index (χ1n) is 12.4. The second kappa shape index (κ2) is 8.25. The van der Waals surface area contributed by atoms with Crippen LogP contribution in [0.4, 0.5) is 17.1 Å². The van der Waals surface area contributed by atoms with Crippen LogP contribution in [0.3, 0.4) is 0 Å². The van der Waals surface area contributed by atoms with Gasteiger partial charge in [-0.25, -0.2) is 0 Å². The van der Waals surface area contributed by atoms with Crippen molar-refractivity contribution < 1.29 is 0 Å². The minimum Gasteiger partial charge on any atom is -0.310 e. The molecule has 1 heteroatoms. The summed E-state index contributed by atoms with van der Waals surface area (Å²) in [6, 6.07) is 48.6. The molecule has 1 nitrogen and oxygen atoms in total. The van der Waals surface area contributed by atoms with Gasteiger partial charge in [0.25, 0.3) is 0 Å². The predicted octanol–water partition coefficient (Wildman–Crippen LogP) is 10.1. The average molecular weight is 460 g/mol. The van der Waals surface area contributed by atoms with E-state index < -0.39 is 0 Å². The molecule has 0 bridgehead atoms. The van der Waals surface area contributed by atoms with Crippen LogP contribution in [0, 0.1) is 6.92 Å². The first-order valence-corrected chi connectivity index (χ1v) is 12.4. The number of nitrogens with zero attached hydrogens (tertiary/aromatic N) is 1. The molecule has 0 aromatic heterocycles. The normalized spacial score (nSPS) is 11.5. The van der Waals surface area contributed by atoms with Crippen molar-refractivity contribution in [3.05, 3.63) is 139 Å². The van der Waals surface area contributed by atoms with Gasteiger partial charge >= 0.3 is 0 Å². The summed E-state index contributed by atoms with van der Waals surface area (Å²) >= 11 is 0. The van der Waals surface area contributed by atoms with Gasteiger partial charge in [0, 0.05) is 17.1 Å². The Morgan fingerprint density at radius 3 is 1.25 bits per heavy atom. The van der Waals surface area contributed by atoms with Crippen LogP contribution in [0.25, 0.3) is 43.1 Å². The van der Waals surface area contributed by atoms with Crippen molar-refractivity contribution >= 4 is 60.2 Å². The van der Waals surface area contributed by atoms with Gasteiger partial charge in [-0.1, -0.05) is 103 Å². The van der Waals surface area contributed by atoms with Crippen LogP contribution in [0.2, 0.25) is 0 Å². The van der Waals surface area contributed by atoms with Crippen LogP contribution in [-0.4, -0.2) is 0 Å². The fourth-order valence-corrected chi connectivity index (χ4v) is 5.40. The maximum Gasteiger partial charge on any atom is 0.0468 e. The van der Waals surface area contributed by atoms with Gasteiger partial charge in [-0.3, -0.25) is 0 Å². The molecule has 0 amide bonds. The van der Waals surface area contributed by atoms with Crippen molar-refractivity contribution in [2.75, 3.05) is 4.90 Å². The Kier molecular flexibility index (Phi) is 4.75. The number of fused-ring (bicyclic) bond motifs is 6. The monoisotopic (exact) mass is 459 g/mol. The van der Waals surface area contributed by atoms with Gasteiger partial charge in [0.2, 0.25) is 0 Å². The summed E-state index contributed by atoms with van der Waals surface area (Å²) in [6.45, 7) is 2.14. The number of rotatable bonds is 3. The van der Waals surface area contributed by atoms with Crippen molar-refractivity contribution in [3.8, 4) is 0 Å². The van der Waals surface area contributed by atoms with E-state index in [1.807, 2.05) is 0 Å². The third-order valence-electron chi connectivity index (χ3n) is 7.27. The molecule has 0 unspecified atom stereocenters. The Bertz CT molecular complexity index is 1780. The van der Waals surface area contributed by atoms with Gasteiger partial charge in [0.15, 0.2) is 0 Å². The smallest absolute Gasteiger partial charge is 0.0468 e. The molecule has 0 radical (unpaired) electrons. The molecule has 170 valence electrons. The first kappa shape index (κ1) is 20.7. The van der Waals surface area contributed by atoms with Gasteiger partial charge in [-0.2, -0.15) is 0 Å². The Hall–Kier alpha value is -4.62. The molecule has 0 fully saturated rings. The molecule has 0 aliphatic carbocycles. The van der Waals surface area contributed by atoms with E-state index in [1.165, 1.54) is 48.7 Å². The zero-order chi connectivity index (χ0) is 24.1. The zero-order valence-corrected chi connectivity index (χ0v) is 20.1. The SMILES string of the molecule is Cc1ccc(N(c2ccc3ccc4ccccc4c3c2)c2ccc3ccc4ccccc4c3c2)cc1. The van der Waals surface area contributed by atoms with Crippen molar-refractivity contribution in [1.29, 1.82) is 0 Å². The van der Waals surface area contributed by atoms with Gasteiger partial charge in [-0.05, 0) is 86.4 Å². The van der Waals surface area contributed by atoms with Crippen LogP contribution >= 0.6 is 0 Å². The summed E-state index contributed by atoms with van der Waals surface area (Å²) in [5.41, 5.74) is 4.72. The first-order chi connectivity index (χ1) is 17.7. The molecule has 0 saturated heterocycles. The highest BCUT2D eigenvalue weighted by Crippen LogP contribution is 2.39. The van der Waals surface area contributed by atoms with Crippen molar-refractivity contribution in [2.45, 2.75) is 6.92 Å². The summed E-state index contributed by atoms with van der Waals surface area (Å²) in [6.07, 6.45) is 0. The molecule has 0 N–H and O–H groups in total.